The zero-order chi connectivity index (χ0) is 13.7. The Morgan fingerprint density at radius 2 is 2.16 bits per heavy atom. The number of hydrogen-bond acceptors (Lipinski definition) is 3. The number of Topliss-reactive ketones (excluding diaryl/α,β-unsaturated/α-hetero) is 1. The first-order valence-corrected chi connectivity index (χ1v) is 7.65. The summed E-state index contributed by atoms with van der Waals surface area (Å²) in [5.74, 6) is 0.825. The second kappa shape index (κ2) is 6.53. The van der Waals surface area contributed by atoms with Crippen molar-refractivity contribution >= 4 is 21.7 Å². The van der Waals surface area contributed by atoms with Crippen LogP contribution < -0.4 is 4.74 Å². The molecule has 1 saturated heterocycles. The summed E-state index contributed by atoms with van der Waals surface area (Å²) in [6.07, 6.45) is 2.01. The molecule has 0 bridgehead atoms. The van der Waals surface area contributed by atoms with Crippen LogP contribution in [0, 0.1) is 5.41 Å². The molecule has 0 aromatic heterocycles. The number of rotatable bonds is 5. The maximum absolute atomic E-state index is 11.3. The predicted octanol–water partition coefficient (Wildman–Crippen LogP) is 3.46. The second-order valence-electron chi connectivity index (χ2n) is 5.12. The minimum atomic E-state index is 0.0618. The lowest BCUT2D eigenvalue weighted by Gasteiger charge is -2.35. The Bertz CT molecular complexity index is 439. The largest absolute Gasteiger partial charge is 0.493 e. The fourth-order valence-corrected chi connectivity index (χ4v) is 2.88. The van der Waals surface area contributed by atoms with Crippen molar-refractivity contribution in [1.82, 2.24) is 0 Å². The van der Waals surface area contributed by atoms with Gasteiger partial charge in [-0.15, -0.1) is 0 Å². The maximum Gasteiger partial charge on any atom is 0.159 e. The molecule has 1 aromatic carbocycles. The molecule has 0 N–H and O–H groups in total. The molecule has 1 fully saturated rings. The number of halogens is 1. The SMILES string of the molecule is CC(=O)c1cccc(OCC2(CBr)CCOCC2)c1. The van der Waals surface area contributed by atoms with Gasteiger partial charge in [0.2, 0.25) is 0 Å². The van der Waals surface area contributed by atoms with Gasteiger partial charge in [0.1, 0.15) is 5.75 Å². The lowest BCUT2D eigenvalue weighted by atomic mass is 9.83. The molecule has 3 nitrogen and oxygen atoms in total. The Balaban J connectivity index is 2.00. The molecule has 1 heterocycles. The molecule has 4 heteroatoms. The summed E-state index contributed by atoms with van der Waals surface area (Å²) in [5.41, 5.74) is 0.835. The van der Waals surface area contributed by atoms with E-state index in [2.05, 4.69) is 15.9 Å². The van der Waals surface area contributed by atoms with Crippen molar-refractivity contribution in [2.45, 2.75) is 19.8 Å². The van der Waals surface area contributed by atoms with Crippen molar-refractivity contribution in [3.8, 4) is 5.75 Å². The lowest BCUT2D eigenvalue weighted by Crippen LogP contribution is -2.36. The lowest BCUT2D eigenvalue weighted by molar-refractivity contribution is 0.00354. The molecule has 104 valence electrons. The predicted molar refractivity (Wildman–Crippen MR) is 78.2 cm³/mol. The summed E-state index contributed by atoms with van der Waals surface area (Å²) >= 11 is 3.59. The number of benzene rings is 1. The molecule has 0 amide bonds. The first kappa shape index (κ1) is 14.5. The smallest absolute Gasteiger partial charge is 0.159 e. The average Bonchev–Trinajstić information content (AvgIpc) is 2.46. The maximum atomic E-state index is 11.3. The Morgan fingerprint density at radius 1 is 1.42 bits per heavy atom. The van der Waals surface area contributed by atoms with Crippen LogP contribution in [0.25, 0.3) is 0 Å². The van der Waals surface area contributed by atoms with E-state index in [1.54, 1.807) is 6.92 Å². The van der Waals surface area contributed by atoms with E-state index < -0.39 is 0 Å². The fourth-order valence-electron chi connectivity index (χ4n) is 2.16. The van der Waals surface area contributed by atoms with E-state index in [1.165, 1.54) is 0 Å². The average molecular weight is 327 g/mol. The van der Waals surface area contributed by atoms with Gasteiger partial charge in [0.05, 0.1) is 6.61 Å². The van der Waals surface area contributed by atoms with Gasteiger partial charge in [0.25, 0.3) is 0 Å². The van der Waals surface area contributed by atoms with Crippen LogP contribution in [0.1, 0.15) is 30.1 Å². The quantitative estimate of drug-likeness (QED) is 0.614. The van der Waals surface area contributed by atoms with E-state index >= 15 is 0 Å². The highest BCUT2D eigenvalue weighted by Gasteiger charge is 2.32. The van der Waals surface area contributed by atoms with Crippen molar-refractivity contribution in [2.24, 2.45) is 5.41 Å². The summed E-state index contributed by atoms with van der Waals surface area (Å²) in [5, 5.41) is 0.912. The zero-order valence-corrected chi connectivity index (χ0v) is 12.7. The molecule has 1 aliphatic rings. The number of ether oxygens (including phenoxy) is 2. The van der Waals surface area contributed by atoms with Gasteiger partial charge in [-0.05, 0) is 31.9 Å². The molecule has 0 spiro atoms. The zero-order valence-electron chi connectivity index (χ0n) is 11.2. The van der Waals surface area contributed by atoms with E-state index in [-0.39, 0.29) is 11.2 Å². The highest BCUT2D eigenvalue weighted by molar-refractivity contribution is 9.09. The van der Waals surface area contributed by atoms with Crippen molar-refractivity contribution in [1.29, 1.82) is 0 Å². The van der Waals surface area contributed by atoms with Crippen LogP contribution in [0.2, 0.25) is 0 Å². The van der Waals surface area contributed by atoms with Crippen LogP contribution in [0.5, 0.6) is 5.75 Å². The van der Waals surface area contributed by atoms with E-state index in [4.69, 9.17) is 9.47 Å². The molecule has 0 atom stereocenters. The van der Waals surface area contributed by atoms with Gasteiger partial charge in [0.15, 0.2) is 5.78 Å². The Morgan fingerprint density at radius 3 is 2.79 bits per heavy atom. The van der Waals surface area contributed by atoms with Gasteiger partial charge in [-0.25, -0.2) is 0 Å². The highest BCUT2D eigenvalue weighted by Crippen LogP contribution is 2.33. The van der Waals surface area contributed by atoms with Gasteiger partial charge in [0, 0.05) is 29.5 Å². The third-order valence-electron chi connectivity index (χ3n) is 3.62. The standard InChI is InChI=1S/C15H19BrO3/c1-12(17)13-3-2-4-14(9-13)19-11-15(10-16)5-7-18-8-6-15/h2-4,9H,5-8,10-11H2,1H3. The van der Waals surface area contributed by atoms with E-state index in [0.717, 1.165) is 37.1 Å². The van der Waals surface area contributed by atoms with Crippen LogP contribution in [0.4, 0.5) is 0 Å². The Kier molecular flexibility index (Phi) is 4.99. The normalized spacial score (nSPS) is 18.0. The van der Waals surface area contributed by atoms with Gasteiger partial charge in [-0.3, -0.25) is 4.79 Å². The molecule has 0 unspecified atom stereocenters. The number of ketones is 1. The Labute approximate surface area is 122 Å². The Hall–Kier alpha value is -0.870. The van der Waals surface area contributed by atoms with E-state index in [9.17, 15) is 4.79 Å². The molecule has 0 saturated carbocycles. The van der Waals surface area contributed by atoms with E-state index in [0.29, 0.717) is 12.2 Å². The monoisotopic (exact) mass is 326 g/mol. The number of carbonyl (C=O) groups excluding carboxylic acids is 1. The van der Waals surface area contributed by atoms with Crippen LogP contribution in [0.15, 0.2) is 24.3 Å². The van der Waals surface area contributed by atoms with Gasteiger partial charge in [-0.1, -0.05) is 28.1 Å². The minimum absolute atomic E-state index is 0.0618. The summed E-state index contributed by atoms with van der Waals surface area (Å²) in [6.45, 7) is 3.81. The molecular weight excluding hydrogens is 308 g/mol. The molecule has 2 rings (SSSR count). The van der Waals surface area contributed by atoms with Crippen molar-refractivity contribution in [2.75, 3.05) is 25.2 Å². The molecule has 1 aliphatic heterocycles. The highest BCUT2D eigenvalue weighted by atomic mass is 79.9. The minimum Gasteiger partial charge on any atom is -0.493 e. The molecule has 1 aromatic rings. The van der Waals surface area contributed by atoms with Crippen LogP contribution in [-0.4, -0.2) is 30.9 Å². The third-order valence-corrected chi connectivity index (χ3v) is 4.81. The van der Waals surface area contributed by atoms with Crippen molar-refractivity contribution in [3.05, 3.63) is 29.8 Å². The number of alkyl halides is 1. The van der Waals surface area contributed by atoms with Crippen LogP contribution in [0.3, 0.4) is 0 Å². The summed E-state index contributed by atoms with van der Waals surface area (Å²) in [7, 11) is 0. The first-order chi connectivity index (χ1) is 9.15. The summed E-state index contributed by atoms with van der Waals surface area (Å²) in [6, 6.07) is 7.37. The van der Waals surface area contributed by atoms with Crippen molar-refractivity contribution in [3.63, 3.8) is 0 Å². The third kappa shape index (κ3) is 3.80. The van der Waals surface area contributed by atoms with E-state index in [1.807, 2.05) is 24.3 Å². The number of hydrogen-bond donors (Lipinski definition) is 0. The second-order valence-corrected chi connectivity index (χ2v) is 5.68. The number of carbonyl (C=O) groups is 1. The molecular formula is C15H19BrO3. The molecule has 19 heavy (non-hydrogen) atoms. The fraction of sp³-hybridized carbons (Fsp3) is 0.533. The van der Waals surface area contributed by atoms with Crippen molar-refractivity contribution < 1.29 is 14.3 Å². The molecule has 0 radical (unpaired) electrons. The van der Waals surface area contributed by atoms with Crippen LogP contribution >= 0.6 is 15.9 Å². The summed E-state index contributed by atoms with van der Waals surface area (Å²) < 4.78 is 11.3. The van der Waals surface area contributed by atoms with Gasteiger partial charge < -0.3 is 9.47 Å². The topological polar surface area (TPSA) is 35.5 Å². The van der Waals surface area contributed by atoms with Gasteiger partial charge >= 0.3 is 0 Å². The molecule has 0 aliphatic carbocycles. The summed E-state index contributed by atoms with van der Waals surface area (Å²) in [4.78, 5) is 11.3. The first-order valence-electron chi connectivity index (χ1n) is 6.53. The van der Waals surface area contributed by atoms with Crippen LogP contribution in [-0.2, 0) is 4.74 Å². The van der Waals surface area contributed by atoms with Gasteiger partial charge in [-0.2, -0.15) is 0 Å².